The van der Waals surface area contributed by atoms with E-state index < -0.39 is 47.5 Å². The van der Waals surface area contributed by atoms with Crippen LogP contribution in [0.3, 0.4) is 0 Å². The SMILES string of the molecule is C[C@@H](C(=O)N1CCOCCN(C(=O)[C@H](C)N2C(=O)c3ccccc3C2=O)CCOCC1)N1C(=O)c2ccccc2C1=O. The molecule has 5 rings (SSSR count). The highest BCUT2D eigenvalue weighted by Crippen LogP contribution is 2.26. The van der Waals surface area contributed by atoms with Gasteiger partial charge in [-0.05, 0) is 38.1 Å². The molecule has 220 valence electrons. The maximum absolute atomic E-state index is 13.4. The molecule has 42 heavy (non-hydrogen) atoms. The molecule has 0 spiro atoms. The van der Waals surface area contributed by atoms with Crippen LogP contribution >= 0.6 is 0 Å². The van der Waals surface area contributed by atoms with Crippen molar-refractivity contribution in [3.8, 4) is 0 Å². The molecule has 3 aliphatic heterocycles. The molecule has 12 nitrogen and oxygen atoms in total. The molecule has 3 heterocycles. The van der Waals surface area contributed by atoms with Crippen LogP contribution in [0.5, 0.6) is 0 Å². The summed E-state index contributed by atoms with van der Waals surface area (Å²) >= 11 is 0. The van der Waals surface area contributed by atoms with Crippen molar-refractivity contribution in [2.24, 2.45) is 0 Å². The Balaban J connectivity index is 1.17. The molecular formula is C30H32N4O8. The molecule has 2 atom stereocenters. The lowest BCUT2D eigenvalue weighted by molar-refractivity contribution is -0.138. The first-order valence-corrected chi connectivity index (χ1v) is 13.9. The lowest BCUT2D eigenvalue weighted by Gasteiger charge is -2.31. The van der Waals surface area contributed by atoms with Crippen molar-refractivity contribution < 1.29 is 38.2 Å². The highest BCUT2D eigenvalue weighted by molar-refractivity contribution is 6.23. The van der Waals surface area contributed by atoms with Gasteiger partial charge in [-0.25, -0.2) is 0 Å². The average Bonchev–Trinajstić information content (AvgIpc) is 3.40. The first kappa shape index (κ1) is 29.1. The molecule has 2 aromatic rings. The molecule has 1 saturated heterocycles. The Morgan fingerprint density at radius 2 is 0.810 bits per heavy atom. The van der Waals surface area contributed by atoms with Gasteiger partial charge in [0.05, 0.1) is 48.7 Å². The first-order chi connectivity index (χ1) is 20.2. The zero-order chi connectivity index (χ0) is 30.0. The van der Waals surface area contributed by atoms with E-state index in [1.807, 2.05) is 0 Å². The molecule has 0 radical (unpaired) electrons. The minimum Gasteiger partial charge on any atom is -0.378 e. The Labute approximate surface area is 242 Å². The number of rotatable bonds is 4. The predicted octanol–water partition coefficient (Wildman–Crippen LogP) is 1.06. The summed E-state index contributed by atoms with van der Waals surface area (Å²) in [6.07, 6.45) is 0. The smallest absolute Gasteiger partial charge is 0.262 e. The van der Waals surface area contributed by atoms with Crippen molar-refractivity contribution in [3.05, 3.63) is 70.8 Å². The van der Waals surface area contributed by atoms with Crippen LogP contribution in [0.1, 0.15) is 55.3 Å². The van der Waals surface area contributed by atoms with Crippen molar-refractivity contribution in [1.82, 2.24) is 19.6 Å². The Hall–Kier alpha value is -4.42. The monoisotopic (exact) mass is 576 g/mol. The second-order valence-electron chi connectivity index (χ2n) is 10.3. The van der Waals surface area contributed by atoms with Crippen molar-refractivity contribution in [3.63, 3.8) is 0 Å². The van der Waals surface area contributed by atoms with E-state index >= 15 is 0 Å². The Kier molecular flexibility index (Phi) is 8.46. The average molecular weight is 577 g/mol. The highest BCUT2D eigenvalue weighted by atomic mass is 16.5. The summed E-state index contributed by atoms with van der Waals surface area (Å²) in [5, 5.41) is 0. The normalized spacial score (nSPS) is 19.7. The van der Waals surface area contributed by atoms with Crippen molar-refractivity contribution in [2.45, 2.75) is 25.9 Å². The summed E-state index contributed by atoms with van der Waals surface area (Å²) in [4.78, 5) is 83.2. The van der Waals surface area contributed by atoms with Crippen LogP contribution in [-0.4, -0.2) is 120 Å². The maximum atomic E-state index is 13.4. The Morgan fingerprint density at radius 3 is 1.07 bits per heavy atom. The van der Waals surface area contributed by atoms with E-state index in [4.69, 9.17) is 9.47 Å². The summed E-state index contributed by atoms with van der Waals surface area (Å²) in [6, 6.07) is 10.9. The van der Waals surface area contributed by atoms with Gasteiger partial charge in [0.2, 0.25) is 11.8 Å². The van der Waals surface area contributed by atoms with Crippen LogP contribution < -0.4 is 0 Å². The predicted molar refractivity (Wildman–Crippen MR) is 148 cm³/mol. The lowest BCUT2D eigenvalue weighted by atomic mass is 10.1. The summed E-state index contributed by atoms with van der Waals surface area (Å²) in [6.45, 7) is 4.41. The van der Waals surface area contributed by atoms with Gasteiger partial charge in [0, 0.05) is 26.2 Å². The topological polar surface area (TPSA) is 134 Å². The van der Waals surface area contributed by atoms with E-state index in [0.29, 0.717) is 0 Å². The molecule has 0 aromatic heterocycles. The summed E-state index contributed by atoms with van der Waals surface area (Å²) < 4.78 is 11.5. The standard InChI is InChI=1S/C30H32N4O8/c1-19(33-27(37)21-7-3-4-8-22(21)28(33)38)25(35)31-11-15-41-17-13-32(14-18-42-16-12-31)26(36)20(2)34-29(39)23-9-5-6-10-24(23)30(34)40/h3-10,19-20H,11-18H2,1-2H3/t19-,20-/m0/s1. The van der Waals surface area contributed by atoms with Crippen LogP contribution in [0.4, 0.5) is 0 Å². The summed E-state index contributed by atoms with van der Waals surface area (Å²) in [7, 11) is 0. The number of amides is 6. The van der Waals surface area contributed by atoms with E-state index in [1.54, 1.807) is 48.5 Å². The van der Waals surface area contributed by atoms with E-state index in [9.17, 15) is 28.8 Å². The number of nitrogens with zero attached hydrogens (tertiary/aromatic N) is 4. The molecule has 3 aliphatic rings. The number of carbonyl (C=O) groups excluding carboxylic acids is 6. The van der Waals surface area contributed by atoms with Crippen LogP contribution in [0.2, 0.25) is 0 Å². The third-order valence-electron chi connectivity index (χ3n) is 7.79. The second-order valence-corrected chi connectivity index (χ2v) is 10.3. The number of imide groups is 2. The second kappa shape index (κ2) is 12.2. The summed E-state index contributed by atoms with van der Waals surface area (Å²) in [5.41, 5.74) is 1.11. The molecule has 0 saturated carbocycles. The fourth-order valence-electron chi connectivity index (χ4n) is 5.44. The van der Waals surface area contributed by atoms with Crippen molar-refractivity contribution in [2.75, 3.05) is 52.6 Å². The summed E-state index contributed by atoms with van der Waals surface area (Å²) in [5.74, 6) is -2.81. The van der Waals surface area contributed by atoms with Gasteiger partial charge in [-0.2, -0.15) is 0 Å². The van der Waals surface area contributed by atoms with Gasteiger partial charge < -0.3 is 19.3 Å². The van der Waals surface area contributed by atoms with Gasteiger partial charge >= 0.3 is 0 Å². The molecule has 12 heteroatoms. The largest absolute Gasteiger partial charge is 0.378 e. The zero-order valence-corrected chi connectivity index (χ0v) is 23.5. The van der Waals surface area contributed by atoms with Crippen LogP contribution in [-0.2, 0) is 19.1 Å². The minimum absolute atomic E-state index is 0.149. The van der Waals surface area contributed by atoms with Crippen LogP contribution in [0, 0.1) is 0 Å². The molecule has 1 fully saturated rings. The molecule has 0 N–H and O–H groups in total. The van der Waals surface area contributed by atoms with Gasteiger partial charge in [-0.15, -0.1) is 0 Å². The molecule has 0 unspecified atom stereocenters. The highest BCUT2D eigenvalue weighted by Gasteiger charge is 2.43. The fourth-order valence-corrected chi connectivity index (χ4v) is 5.44. The molecule has 0 bridgehead atoms. The number of hydrogen-bond donors (Lipinski definition) is 0. The van der Waals surface area contributed by atoms with E-state index in [0.717, 1.165) is 9.80 Å². The fraction of sp³-hybridized carbons (Fsp3) is 0.400. The maximum Gasteiger partial charge on any atom is 0.262 e. The number of hydrogen-bond acceptors (Lipinski definition) is 8. The van der Waals surface area contributed by atoms with Gasteiger partial charge in [-0.1, -0.05) is 24.3 Å². The first-order valence-electron chi connectivity index (χ1n) is 13.9. The van der Waals surface area contributed by atoms with Gasteiger partial charge in [-0.3, -0.25) is 38.6 Å². The minimum atomic E-state index is -1.01. The quantitative estimate of drug-likeness (QED) is 0.494. The van der Waals surface area contributed by atoms with E-state index in [-0.39, 0.29) is 74.9 Å². The van der Waals surface area contributed by atoms with Gasteiger partial charge in [0.15, 0.2) is 0 Å². The van der Waals surface area contributed by atoms with Gasteiger partial charge in [0.1, 0.15) is 12.1 Å². The lowest BCUT2D eigenvalue weighted by Crippen LogP contribution is -2.52. The molecule has 6 amide bonds. The van der Waals surface area contributed by atoms with Crippen LogP contribution in [0.25, 0.3) is 0 Å². The number of ether oxygens (including phenoxy) is 2. The Morgan fingerprint density at radius 1 is 0.548 bits per heavy atom. The third-order valence-corrected chi connectivity index (χ3v) is 7.79. The molecule has 0 aliphatic carbocycles. The van der Waals surface area contributed by atoms with E-state index in [1.165, 1.54) is 23.6 Å². The third kappa shape index (κ3) is 5.30. The van der Waals surface area contributed by atoms with Gasteiger partial charge in [0.25, 0.3) is 23.6 Å². The Bertz CT molecular complexity index is 1250. The molecular weight excluding hydrogens is 544 g/mol. The van der Waals surface area contributed by atoms with E-state index in [2.05, 4.69) is 0 Å². The van der Waals surface area contributed by atoms with Crippen LogP contribution in [0.15, 0.2) is 48.5 Å². The zero-order valence-electron chi connectivity index (χ0n) is 23.5. The van der Waals surface area contributed by atoms with Crippen molar-refractivity contribution in [1.29, 1.82) is 0 Å². The molecule has 2 aromatic carbocycles. The number of fused-ring (bicyclic) bond motifs is 2. The van der Waals surface area contributed by atoms with Crippen molar-refractivity contribution >= 4 is 35.4 Å². The number of carbonyl (C=O) groups is 6. The number of benzene rings is 2.